The second kappa shape index (κ2) is 5.06. The number of carbonyl (C=O) groups excluding carboxylic acids is 1. The molecule has 0 fully saturated rings. The highest BCUT2D eigenvalue weighted by molar-refractivity contribution is 5.88. The average molecular weight is 221 g/mol. The molecule has 0 bridgehead atoms. The molecule has 0 saturated heterocycles. The number of rotatable bonds is 3. The lowest BCUT2D eigenvalue weighted by Crippen LogP contribution is -1.96. The molecule has 0 unspecified atom stereocenters. The van der Waals surface area contributed by atoms with E-state index in [-0.39, 0.29) is 5.69 Å². The van der Waals surface area contributed by atoms with Gasteiger partial charge in [-0.15, -0.1) is 0 Å². The lowest BCUT2D eigenvalue weighted by molar-refractivity contribution is -0.385. The Morgan fingerprint density at radius 2 is 2.19 bits per heavy atom. The Morgan fingerprint density at radius 3 is 2.75 bits per heavy atom. The normalized spacial score (nSPS) is 10.4. The molecule has 16 heavy (non-hydrogen) atoms. The van der Waals surface area contributed by atoms with E-state index in [9.17, 15) is 14.9 Å². The zero-order valence-corrected chi connectivity index (χ0v) is 8.97. The number of methoxy groups -OCH3 is 1. The zero-order valence-electron chi connectivity index (χ0n) is 8.97. The molecule has 0 atom stereocenters. The molecule has 5 nitrogen and oxygen atoms in total. The zero-order chi connectivity index (χ0) is 12.1. The van der Waals surface area contributed by atoms with Crippen LogP contribution < -0.4 is 0 Å². The first-order chi connectivity index (χ1) is 7.56. The number of nitro benzene ring substituents is 1. The van der Waals surface area contributed by atoms with Gasteiger partial charge >= 0.3 is 5.97 Å². The van der Waals surface area contributed by atoms with Gasteiger partial charge in [0.25, 0.3) is 5.69 Å². The summed E-state index contributed by atoms with van der Waals surface area (Å²) < 4.78 is 4.42. The molecule has 84 valence electrons. The second-order valence-corrected chi connectivity index (χ2v) is 3.12. The molecule has 0 aliphatic heterocycles. The van der Waals surface area contributed by atoms with Crippen LogP contribution in [0.15, 0.2) is 24.3 Å². The van der Waals surface area contributed by atoms with Gasteiger partial charge in [-0.1, -0.05) is 12.1 Å². The maximum absolute atomic E-state index is 10.9. The van der Waals surface area contributed by atoms with E-state index in [1.54, 1.807) is 19.1 Å². The lowest BCUT2D eigenvalue weighted by atomic mass is 10.1. The van der Waals surface area contributed by atoms with Crippen LogP contribution in [-0.4, -0.2) is 18.0 Å². The van der Waals surface area contributed by atoms with E-state index in [0.717, 1.165) is 11.6 Å². The van der Waals surface area contributed by atoms with Crippen LogP contribution in [-0.2, 0) is 9.53 Å². The predicted molar refractivity (Wildman–Crippen MR) is 58.9 cm³/mol. The van der Waals surface area contributed by atoms with E-state index in [1.807, 2.05) is 0 Å². The van der Waals surface area contributed by atoms with Crippen LogP contribution >= 0.6 is 0 Å². The summed E-state index contributed by atoms with van der Waals surface area (Å²) in [6.07, 6.45) is 2.55. The summed E-state index contributed by atoms with van der Waals surface area (Å²) >= 11 is 0. The molecule has 0 heterocycles. The van der Waals surface area contributed by atoms with Crippen molar-refractivity contribution in [1.29, 1.82) is 0 Å². The summed E-state index contributed by atoms with van der Waals surface area (Å²) in [6, 6.07) is 4.73. The van der Waals surface area contributed by atoms with E-state index in [0.29, 0.717) is 5.56 Å². The molecule has 0 radical (unpaired) electrons. The van der Waals surface area contributed by atoms with Crippen molar-refractivity contribution in [2.24, 2.45) is 0 Å². The molecule has 0 aliphatic carbocycles. The monoisotopic (exact) mass is 221 g/mol. The fourth-order valence-corrected chi connectivity index (χ4v) is 1.26. The first kappa shape index (κ1) is 11.9. The van der Waals surface area contributed by atoms with Crippen molar-refractivity contribution in [3.63, 3.8) is 0 Å². The van der Waals surface area contributed by atoms with Gasteiger partial charge in [-0.25, -0.2) is 4.79 Å². The van der Waals surface area contributed by atoms with E-state index < -0.39 is 10.9 Å². The fourth-order valence-electron chi connectivity index (χ4n) is 1.26. The smallest absolute Gasteiger partial charge is 0.330 e. The van der Waals surface area contributed by atoms with Gasteiger partial charge in [0, 0.05) is 12.1 Å². The van der Waals surface area contributed by atoms with E-state index in [2.05, 4.69) is 4.74 Å². The van der Waals surface area contributed by atoms with Crippen LogP contribution in [0.4, 0.5) is 5.69 Å². The molecular formula is C11H11NO4. The molecule has 0 aliphatic rings. The lowest BCUT2D eigenvalue weighted by Gasteiger charge is -2.01. The summed E-state index contributed by atoms with van der Waals surface area (Å²) in [6.45, 7) is 1.74. The molecule has 0 saturated carbocycles. The van der Waals surface area contributed by atoms with Crippen molar-refractivity contribution < 1.29 is 14.5 Å². The molecule has 1 aromatic rings. The molecule has 1 aromatic carbocycles. The number of ether oxygens (including phenoxy) is 1. The highest BCUT2D eigenvalue weighted by atomic mass is 16.6. The number of nitro groups is 1. The number of carbonyl (C=O) groups is 1. The van der Waals surface area contributed by atoms with Crippen molar-refractivity contribution in [2.45, 2.75) is 6.92 Å². The van der Waals surface area contributed by atoms with Gasteiger partial charge < -0.3 is 4.74 Å². The minimum atomic E-state index is -0.544. The van der Waals surface area contributed by atoms with E-state index in [4.69, 9.17) is 0 Å². The summed E-state index contributed by atoms with van der Waals surface area (Å²) in [5, 5.41) is 10.7. The Kier molecular flexibility index (Phi) is 3.77. The summed E-state index contributed by atoms with van der Waals surface area (Å²) in [4.78, 5) is 21.2. The van der Waals surface area contributed by atoms with Crippen LogP contribution in [0.1, 0.15) is 11.1 Å². The maximum Gasteiger partial charge on any atom is 0.330 e. The Bertz CT molecular complexity index is 451. The molecule has 5 heteroatoms. The van der Waals surface area contributed by atoms with Gasteiger partial charge in [-0.05, 0) is 18.6 Å². The minimum Gasteiger partial charge on any atom is -0.466 e. The van der Waals surface area contributed by atoms with Crippen molar-refractivity contribution >= 4 is 17.7 Å². The molecular weight excluding hydrogens is 210 g/mol. The van der Waals surface area contributed by atoms with Gasteiger partial charge in [0.1, 0.15) is 0 Å². The first-order valence-electron chi connectivity index (χ1n) is 4.56. The van der Waals surface area contributed by atoms with Crippen LogP contribution in [0.25, 0.3) is 6.08 Å². The third kappa shape index (κ3) is 2.66. The Hall–Kier alpha value is -2.17. The Balaban J connectivity index is 3.16. The predicted octanol–water partition coefficient (Wildman–Crippen LogP) is 2.09. The molecule has 1 rings (SSSR count). The third-order valence-corrected chi connectivity index (χ3v) is 2.09. The number of aryl methyl sites for hydroxylation is 1. The van der Waals surface area contributed by atoms with Crippen molar-refractivity contribution in [1.82, 2.24) is 0 Å². The van der Waals surface area contributed by atoms with Crippen LogP contribution in [0.2, 0.25) is 0 Å². The Morgan fingerprint density at radius 1 is 1.50 bits per heavy atom. The number of hydrogen-bond donors (Lipinski definition) is 0. The summed E-state index contributed by atoms with van der Waals surface area (Å²) in [5.41, 5.74) is 1.12. The molecule has 0 aromatic heterocycles. The van der Waals surface area contributed by atoms with Gasteiger partial charge in [-0.2, -0.15) is 0 Å². The minimum absolute atomic E-state index is 0.0276. The first-order valence-corrected chi connectivity index (χ1v) is 4.56. The fraction of sp³-hybridized carbons (Fsp3) is 0.182. The number of benzene rings is 1. The van der Waals surface area contributed by atoms with Crippen LogP contribution in [0.5, 0.6) is 0 Å². The topological polar surface area (TPSA) is 69.4 Å². The highest BCUT2D eigenvalue weighted by Crippen LogP contribution is 2.23. The summed E-state index contributed by atoms with van der Waals surface area (Å²) in [7, 11) is 1.25. The highest BCUT2D eigenvalue weighted by Gasteiger charge is 2.12. The molecule has 0 N–H and O–H groups in total. The van der Waals surface area contributed by atoms with Crippen molar-refractivity contribution in [3.8, 4) is 0 Å². The number of nitrogens with zero attached hydrogens (tertiary/aromatic N) is 1. The van der Waals surface area contributed by atoms with Gasteiger partial charge in [0.15, 0.2) is 0 Å². The number of hydrogen-bond acceptors (Lipinski definition) is 4. The van der Waals surface area contributed by atoms with Crippen LogP contribution in [0, 0.1) is 17.0 Å². The molecule has 0 spiro atoms. The van der Waals surface area contributed by atoms with Gasteiger partial charge in [0.2, 0.25) is 0 Å². The van der Waals surface area contributed by atoms with Gasteiger partial charge in [-0.3, -0.25) is 10.1 Å². The van der Waals surface area contributed by atoms with Gasteiger partial charge in [0.05, 0.1) is 17.6 Å². The van der Waals surface area contributed by atoms with Crippen LogP contribution in [0.3, 0.4) is 0 Å². The number of esters is 1. The van der Waals surface area contributed by atoms with Crippen molar-refractivity contribution in [2.75, 3.05) is 7.11 Å². The Labute approximate surface area is 92.5 Å². The largest absolute Gasteiger partial charge is 0.466 e. The van der Waals surface area contributed by atoms with E-state index >= 15 is 0 Å². The standard InChI is InChI=1S/C11H11NO4/c1-8-4-3-5-10(12(14)15)9(8)6-7-11(13)16-2/h3-7H,1-2H3. The summed E-state index contributed by atoms with van der Waals surface area (Å²) in [5.74, 6) is -0.544. The quantitative estimate of drug-likeness (QED) is 0.339. The second-order valence-electron chi connectivity index (χ2n) is 3.12. The SMILES string of the molecule is COC(=O)C=Cc1c(C)cccc1[N+](=O)[O-]. The third-order valence-electron chi connectivity index (χ3n) is 2.09. The maximum atomic E-state index is 10.9. The van der Waals surface area contributed by atoms with Crippen molar-refractivity contribution in [3.05, 3.63) is 45.5 Å². The van der Waals surface area contributed by atoms with E-state index in [1.165, 1.54) is 19.3 Å². The molecule has 0 amide bonds. The average Bonchev–Trinajstić information content (AvgIpc) is 2.26.